The van der Waals surface area contributed by atoms with Crippen LogP contribution in [0.15, 0.2) is 0 Å². The van der Waals surface area contributed by atoms with Crippen molar-refractivity contribution in [1.82, 2.24) is 9.80 Å². The molecule has 0 spiro atoms. The van der Waals surface area contributed by atoms with Crippen LogP contribution in [0.2, 0.25) is 0 Å². The van der Waals surface area contributed by atoms with E-state index in [1.54, 1.807) is 11.9 Å². The first kappa shape index (κ1) is 13.9. The van der Waals surface area contributed by atoms with Gasteiger partial charge in [-0.15, -0.1) is 0 Å². The Morgan fingerprint density at radius 1 is 1.27 bits per heavy atom. The molecule has 0 aromatic rings. The summed E-state index contributed by atoms with van der Waals surface area (Å²) in [5, 5.41) is 8.63. The van der Waals surface area contributed by atoms with Crippen molar-refractivity contribution in [3.05, 3.63) is 0 Å². The van der Waals surface area contributed by atoms with Crippen LogP contribution in [0.3, 0.4) is 0 Å². The first-order valence-electron chi connectivity index (χ1n) is 5.26. The number of amides is 1. The first-order chi connectivity index (χ1) is 6.90. The lowest BCUT2D eigenvalue weighted by atomic mass is 10.3. The lowest BCUT2D eigenvalue weighted by molar-refractivity contribution is -0.132. The molecule has 0 atom stereocenters. The van der Waals surface area contributed by atoms with Gasteiger partial charge in [-0.25, -0.2) is 0 Å². The fourth-order valence-electron chi connectivity index (χ4n) is 1.09. The van der Waals surface area contributed by atoms with Crippen LogP contribution in [0.4, 0.5) is 0 Å². The Kier molecular flexibility index (Phi) is 5.95. The fraction of sp³-hybridized carbons (Fsp3) is 0.818. The molecule has 0 aromatic heterocycles. The Hall–Kier alpha value is -1.08. The quantitative estimate of drug-likeness (QED) is 0.639. The first-order valence-corrected chi connectivity index (χ1v) is 5.26. The summed E-state index contributed by atoms with van der Waals surface area (Å²) in [6.07, 6.45) is 0. The van der Waals surface area contributed by atoms with Crippen LogP contribution >= 0.6 is 0 Å². The summed E-state index contributed by atoms with van der Waals surface area (Å²) >= 11 is 0. The molecule has 0 aliphatic heterocycles. The van der Waals surface area contributed by atoms with Gasteiger partial charge in [-0.2, -0.15) is 5.26 Å². The largest absolute Gasteiger partial charge is 0.342 e. The van der Waals surface area contributed by atoms with Crippen molar-refractivity contribution in [1.29, 1.82) is 5.26 Å². The Bertz CT molecular complexity index is 243. The molecular formula is C11H21N3O. The van der Waals surface area contributed by atoms with Crippen molar-refractivity contribution in [2.45, 2.75) is 39.8 Å². The van der Waals surface area contributed by atoms with Crippen LogP contribution in [0.5, 0.6) is 0 Å². The number of carbonyl (C=O) groups excluding carboxylic acids is 1. The van der Waals surface area contributed by atoms with Gasteiger partial charge in [0.15, 0.2) is 0 Å². The summed E-state index contributed by atoms with van der Waals surface area (Å²) in [5.74, 6) is 0.0638. The van der Waals surface area contributed by atoms with E-state index >= 15 is 0 Å². The second-order valence-corrected chi connectivity index (χ2v) is 4.26. The highest BCUT2D eigenvalue weighted by molar-refractivity contribution is 5.78. The van der Waals surface area contributed by atoms with E-state index in [9.17, 15) is 4.79 Å². The zero-order chi connectivity index (χ0) is 12.0. The van der Waals surface area contributed by atoms with Crippen LogP contribution in [0, 0.1) is 11.3 Å². The Morgan fingerprint density at radius 2 is 1.80 bits per heavy atom. The maximum Gasteiger partial charge on any atom is 0.236 e. The summed E-state index contributed by atoms with van der Waals surface area (Å²) in [6, 6.07) is 2.50. The minimum absolute atomic E-state index is 0.0638. The number of rotatable bonds is 5. The third-order valence-corrected chi connectivity index (χ3v) is 2.51. The fourth-order valence-corrected chi connectivity index (χ4v) is 1.09. The maximum absolute atomic E-state index is 11.7. The van der Waals surface area contributed by atoms with Gasteiger partial charge < -0.3 is 4.90 Å². The van der Waals surface area contributed by atoms with Crippen LogP contribution in [-0.2, 0) is 4.79 Å². The van der Waals surface area contributed by atoms with Crippen molar-refractivity contribution in [2.75, 3.05) is 20.1 Å². The van der Waals surface area contributed by atoms with Crippen molar-refractivity contribution < 1.29 is 4.79 Å². The predicted molar refractivity (Wildman–Crippen MR) is 60.2 cm³/mol. The number of hydrogen-bond donors (Lipinski definition) is 0. The van der Waals surface area contributed by atoms with Gasteiger partial charge in [0.25, 0.3) is 0 Å². The van der Waals surface area contributed by atoms with Gasteiger partial charge in [0.1, 0.15) is 0 Å². The summed E-state index contributed by atoms with van der Waals surface area (Å²) in [5.41, 5.74) is 0. The molecule has 4 nitrogen and oxygen atoms in total. The molecule has 0 aliphatic carbocycles. The van der Waals surface area contributed by atoms with Crippen LogP contribution in [0.25, 0.3) is 0 Å². The SMILES string of the molecule is CC(C)N(CC#N)CC(=O)N(C)C(C)C. The van der Waals surface area contributed by atoms with Gasteiger partial charge in [-0.1, -0.05) is 0 Å². The molecule has 0 rings (SSSR count). The molecule has 0 fully saturated rings. The third-order valence-electron chi connectivity index (χ3n) is 2.51. The van der Waals surface area contributed by atoms with Gasteiger partial charge in [0, 0.05) is 19.1 Å². The van der Waals surface area contributed by atoms with Gasteiger partial charge >= 0.3 is 0 Å². The van der Waals surface area contributed by atoms with Crippen LogP contribution < -0.4 is 0 Å². The van der Waals surface area contributed by atoms with Crippen molar-refractivity contribution >= 4 is 5.91 Å². The molecule has 0 aliphatic rings. The van der Waals surface area contributed by atoms with Crippen LogP contribution in [-0.4, -0.2) is 47.9 Å². The maximum atomic E-state index is 11.7. The number of nitriles is 1. The molecule has 0 unspecified atom stereocenters. The number of hydrogen-bond acceptors (Lipinski definition) is 3. The van der Waals surface area contributed by atoms with Crippen molar-refractivity contribution in [3.63, 3.8) is 0 Å². The minimum Gasteiger partial charge on any atom is -0.342 e. The average Bonchev–Trinajstić information content (AvgIpc) is 2.15. The third kappa shape index (κ3) is 4.80. The molecule has 4 heteroatoms. The van der Waals surface area contributed by atoms with Gasteiger partial charge in [-0.3, -0.25) is 9.69 Å². The molecule has 0 saturated heterocycles. The molecule has 1 amide bonds. The van der Waals surface area contributed by atoms with E-state index in [-0.39, 0.29) is 18.0 Å². The average molecular weight is 211 g/mol. The lowest BCUT2D eigenvalue weighted by Gasteiger charge is -2.27. The van der Waals surface area contributed by atoms with Crippen LogP contribution in [0.1, 0.15) is 27.7 Å². The minimum atomic E-state index is 0.0638. The molecule has 0 radical (unpaired) electrons. The number of likely N-dealkylation sites (N-methyl/N-ethyl adjacent to an activating group) is 1. The van der Waals surface area contributed by atoms with Gasteiger partial charge in [0.05, 0.1) is 19.2 Å². The van der Waals surface area contributed by atoms with E-state index in [4.69, 9.17) is 5.26 Å². The highest BCUT2D eigenvalue weighted by atomic mass is 16.2. The van der Waals surface area contributed by atoms with E-state index in [1.807, 2.05) is 32.6 Å². The second kappa shape index (κ2) is 6.41. The van der Waals surface area contributed by atoms with E-state index in [0.717, 1.165) is 0 Å². The highest BCUT2D eigenvalue weighted by Crippen LogP contribution is 2.01. The molecule has 86 valence electrons. The summed E-state index contributed by atoms with van der Waals surface area (Å²) < 4.78 is 0. The van der Waals surface area contributed by atoms with Gasteiger partial charge in [-0.05, 0) is 27.7 Å². The molecular weight excluding hydrogens is 190 g/mol. The molecule has 0 aromatic carbocycles. The Labute approximate surface area is 92.5 Å². The number of nitrogens with zero attached hydrogens (tertiary/aromatic N) is 3. The second-order valence-electron chi connectivity index (χ2n) is 4.26. The highest BCUT2D eigenvalue weighted by Gasteiger charge is 2.17. The molecule has 0 heterocycles. The van der Waals surface area contributed by atoms with Crippen molar-refractivity contribution in [3.8, 4) is 6.07 Å². The molecule has 0 bridgehead atoms. The molecule has 0 N–H and O–H groups in total. The van der Waals surface area contributed by atoms with E-state index < -0.39 is 0 Å². The zero-order valence-electron chi connectivity index (χ0n) is 10.3. The monoisotopic (exact) mass is 211 g/mol. The Morgan fingerprint density at radius 3 is 2.13 bits per heavy atom. The zero-order valence-corrected chi connectivity index (χ0v) is 10.3. The Balaban J connectivity index is 4.30. The predicted octanol–water partition coefficient (Wildman–Crippen LogP) is 1.09. The summed E-state index contributed by atoms with van der Waals surface area (Å²) in [7, 11) is 1.79. The van der Waals surface area contributed by atoms with Gasteiger partial charge in [0.2, 0.25) is 5.91 Å². The molecule has 15 heavy (non-hydrogen) atoms. The standard InChI is InChI=1S/C11H21N3O/c1-9(2)13(5)11(15)8-14(7-6-12)10(3)4/h9-10H,7-8H2,1-5H3. The van der Waals surface area contributed by atoms with E-state index in [1.165, 1.54) is 0 Å². The summed E-state index contributed by atoms with van der Waals surface area (Å²) in [4.78, 5) is 15.3. The molecule has 0 saturated carbocycles. The van der Waals surface area contributed by atoms with Crippen molar-refractivity contribution in [2.24, 2.45) is 0 Å². The lowest BCUT2D eigenvalue weighted by Crippen LogP contribution is -2.43. The smallest absolute Gasteiger partial charge is 0.236 e. The normalized spacial score (nSPS) is 10.9. The summed E-state index contributed by atoms with van der Waals surface area (Å²) in [6.45, 7) is 8.54. The topological polar surface area (TPSA) is 47.3 Å². The van der Waals surface area contributed by atoms with E-state index in [2.05, 4.69) is 6.07 Å². The number of carbonyl (C=O) groups is 1. The van der Waals surface area contributed by atoms with E-state index in [0.29, 0.717) is 13.1 Å².